The Morgan fingerprint density at radius 2 is 0.981 bits per heavy atom. The quantitative estimate of drug-likeness (QED) is 0.330. The highest BCUT2D eigenvalue weighted by molar-refractivity contribution is 7.10. The van der Waals surface area contributed by atoms with E-state index in [1.165, 1.54) is 22.7 Å². The van der Waals surface area contributed by atoms with E-state index < -0.39 is 60.3 Å². The van der Waals surface area contributed by atoms with Crippen LogP contribution >= 0.6 is 22.7 Å². The molecule has 0 unspecified atom stereocenters. The average molecular weight is 757 g/mol. The predicted octanol–water partition coefficient (Wildman–Crippen LogP) is 4.60. The number of fused-ring (bicyclic) bond motifs is 6. The van der Waals surface area contributed by atoms with Gasteiger partial charge in [-0.1, -0.05) is 68.2 Å². The van der Waals surface area contributed by atoms with E-state index in [2.05, 4.69) is 31.2 Å². The van der Waals surface area contributed by atoms with Crippen LogP contribution in [0.15, 0.2) is 20.7 Å². The van der Waals surface area contributed by atoms with Crippen molar-refractivity contribution in [3.63, 3.8) is 0 Å². The normalized spacial score (nSPS) is 29.8. The predicted molar refractivity (Wildman–Crippen MR) is 201 cm³/mol. The Bertz CT molecular complexity index is 1580. The van der Waals surface area contributed by atoms with Crippen molar-refractivity contribution in [2.24, 2.45) is 33.7 Å². The van der Waals surface area contributed by atoms with Crippen molar-refractivity contribution >= 4 is 58.1 Å². The Morgan fingerprint density at radius 3 is 1.31 bits per heavy atom. The van der Waals surface area contributed by atoms with Gasteiger partial charge in [-0.3, -0.25) is 19.2 Å². The Kier molecular flexibility index (Phi) is 12.4. The number of thiazole rings is 2. The largest absolute Gasteiger partial charge is 0.474 e. The maximum atomic E-state index is 13.8. The summed E-state index contributed by atoms with van der Waals surface area (Å²) < 4.78 is 12.3. The van der Waals surface area contributed by atoms with Crippen LogP contribution in [-0.4, -0.2) is 81.8 Å². The van der Waals surface area contributed by atoms with Crippen LogP contribution in [0.5, 0.6) is 0 Å². The molecule has 5 rings (SSSR count). The molecule has 3 aliphatic heterocycles. The molecule has 4 N–H and O–H groups in total. The number of ether oxygens (including phenoxy) is 2. The SMILES string of the molecule is CC[C@@H](C)[C@@H]1NC(=O)c2csc(n2)[C@@H](C(C)C)NC(=O)[C@H]2N=C(O[C@@H]2C)[C@H]([C@@H](C)CC)NC(=O)c2csc(n2)[C@@H](C(C)C)NC(=O)[C@H]2N=C1O[C@@H]2C. The van der Waals surface area contributed by atoms with Gasteiger partial charge in [0.25, 0.3) is 11.8 Å². The van der Waals surface area contributed by atoms with Crippen molar-refractivity contribution in [1.82, 2.24) is 31.2 Å². The van der Waals surface area contributed by atoms with Gasteiger partial charge in [-0.15, -0.1) is 22.7 Å². The molecular weight excluding hydrogens is 705 g/mol. The fourth-order valence-electron chi connectivity index (χ4n) is 6.28. The van der Waals surface area contributed by atoms with Crippen LogP contribution in [-0.2, 0) is 19.1 Å². The summed E-state index contributed by atoms with van der Waals surface area (Å²) in [6.07, 6.45) is 0.257. The summed E-state index contributed by atoms with van der Waals surface area (Å²) in [6.45, 7) is 19.4. The molecule has 0 radical (unpaired) electrons. The lowest BCUT2D eigenvalue weighted by molar-refractivity contribution is -0.125. The van der Waals surface area contributed by atoms with Crippen molar-refractivity contribution in [3.05, 3.63) is 32.2 Å². The molecule has 14 nitrogen and oxygen atoms in total. The maximum Gasteiger partial charge on any atom is 0.271 e. The van der Waals surface area contributed by atoms with E-state index in [1.54, 1.807) is 24.6 Å². The van der Waals surface area contributed by atoms with Gasteiger partial charge in [0.2, 0.25) is 23.6 Å². The van der Waals surface area contributed by atoms with Crippen LogP contribution in [0.25, 0.3) is 0 Å². The summed E-state index contributed by atoms with van der Waals surface area (Å²) in [5, 5.41) is 16.8. The zero-order valence-corrected chi connectivity index (χ0v) is 33.2. The van der Waals surface area contributed by atoms with Crippen molar-refractivity contribution in [3.8, 4) is 0 Å². The van der Waals surface area contributed by atoms with Crippen LogP contribution in [0.4, 0.5) is 0 Å². The van der Waals surface area contributed by atoms with E-state index in [0.717, 1.165) is 0 Å². The van der Waals surface area contributed by atoms with Gasteiger partial charge >= 0.3 is 0 Å². The minimum absolute atomic E-state index is 0.0604. The number of amides is 4. The highest BCUT2D eigenvalue weighted by atomic mass is 32.1. The summed E-state index contributed by atoms with van der Waals surface area (Å²) in [5.74, 6) is -1.19. The molecular formula is C36H52N8O6S2. The Hall–Kier alpha value is -3.92. The van der Waals surface area contributed by atoms with Crippen LogP contribution in [0.3, 0.4) is 0 Å². The number of nitrogens with zero attached hydrogens (tertiary/aromatic N) is 4. The molecule has 0 saturated heterocycles. The first-order chi connectivity index (χ1) is 24.6. The summed E-state index contributed by atoms with van der Waals surface area (Å²) >= 11 is 2.57. The number of hydrogen-bond donors (Lipinski definition) is 4. The van der Waals surface area contributed by atoms with Gasteiger partial charge in [-0.2, -0.15) is 0 Å². The summed E-state index contributed by atoms with van der Waals surface area (Å²) in [6, 6.07) is -3.92. The molecule has 0 spiro atoms. The van der Waals surface area contributed by atoms with Crippen molar-refractivity contribution in [2.45, 2.75) is 131 Å². The molecule has 4 amide bonds. The minimum atomic E-state index is -0.857. The molecule has 3 aliphatic rings. The zero-order valence-electron chi connectivity index (χ0n) is 31.6. The van der Waals surface area contributed by atoms with E-state index in [-0.39, 0.29) is 58.7 Å². The lowest BCUT2D eigenvalue weighted by atomic mass is 9.98. The standard InChI is InChI=1S/C36H52N8O6S2/c1-11-17(7)25-33-43-27(19(9)49-33)31(47)39-24(16(5)6)36-38-22(14-52-36)30(46)42-26(18(8)12-2)34-44-28(20(10)50-34)32(48)40-23(15(3)4)35-37-21(13-51-35)29(45)41-25/h13-20,23-28H,11-12H2,1-10H3,(H,39,47)(H,40,48)(H,41,45)(H,42,46)/t17-,18+,19-,20-,23-,24-,25+,26+,27+,28+/m1/s1. The van der Waals surface area contributed by atoms with Gasteiger partial charge in [0.1, 0.15) is 45.7 Å². The van der Waals surface area contributed by atoms with E-state index in [1.807, 2.05) is 55.4 Å². The number of carbonyl (C=O) groups is 4. The maximum absolute atomic E-state index is 13.8. The van der Waals surface area contributed by atoms with E-state index in [4.69, 9.17) is 19.5 Å². The minimum Gasteiger partial charge on any atom is -0.474 e. The first-order valence-electron chi connectivity index (χ1n) is 18.2. The van der Waals surface area contributed by atoms with Gasteiger partial charge in [0, 0.05) is 10.8 Å². The molecule has 16 heteroatoms. The Balaban J connectivity index is 1.55. The fraction of sp³-hybridized carbons (Fsp3) is 0.667. The van der Waals surface area contributed by atoms with Gasteiger partial charge in [-0.05, 0) is 37.5 Å². The van der Waals surface area contributed by atoms with Crippen LogP contribution in [0.2, 0.25) is 0 Å². The second-order valence-electron chi connectivity index (χ2n) is 14.7. The summed E-state index contributed by atoms with van der Waals surface area (Å²) in [4.78, 5) is 73.7. The third-order valence-corrected chi connectivity index (χ3v) is 11.9. The van der Waals surface area contributed by atoms with Crippen molar-refractivity contribution in [1.29, 1.82) is 0 Å². The molecule has 284 valence electrons. The van der Waals surface area contributed by atoms with Crippen LogP contribution in [0, 0.1) is 23.7 Å². The number of aliphatic imine (C=N–C) groups is 2. The molecule has 8 bridgehead atoms. The Morgan fingerprint density at radius 1 is 0.615 bits per heavy atom. The first kappa shape index (κ1) is 39.3. The highest BCUT2D eigenvalue weighted by Crippen LogP contribution is 2.30. The fourth-order valence-corrected chi connectivity index (χ4v) is 8.32. The molecule has 0 saturated carbocycles. The molecule has 0 aliphatic carbocycles. The van der Waals surface area contributed by atoms with E-state index in [9.17, 15) is 19.2 Å². The molecule has 2 aromatic rings. The molecule has 2 aromatic heterocycles. The second kappa shape index (κ2) is 16.4. The first-order valence-corrected chi connectivity index (χ1v) is 20.0. The van der Waals surface area contributed by atoms with Gasteiger partial charge < -0.3 is 30.7 Å². The van der Waals surface area contributed by atoms with Gasteiger partial charge in [0.05, 0.1) is 12.1 Å². The average Bonchev–Trinajstić information content (AvgIpc) is 3.92. The molecule has 5 heterocycles. The summed E-state index contributed by atoms with van der Waals surface area (Å²) in [5.41, 5.74) is 0.410. The second-order valence-corrected chi connectivity index (χ2v) is 16.5. The molecule has 0 aromatic carbocycles. The van der Waals surface area contributed by atoms with Crippen LogP contribution in [0.1, 0.15) is 125 Å². The Labute approximate surface area is 313 Å². The smallest absolute Gasteiger partial charge is 0.271 e. The lowest BCUT2D eigenvalue weighted by Gasteiger charge is -2.24. The monoisotopic (exact) mass is 756 g/mol. The molecule has 52 heavy (non-hydrogen) atoms. The third-order valence-electron chi connectivity index (χ3n) is 10.1. The van der Waals surface area contributed by atoms with Crippen molar-refractivity contribution < 1.29 is 28.7 Å². The van der Waals surface area contributed by atoms with E-state index >= 15 is 0 Å². The molecule has 10 atom stereocenters. The number of aromatic nitrogens is 2. The van der Waals surface area contributed by atoms with Gasteiger partial charge in [0.15, 0.2) is 12.1 Å². The van der Waals surface area contributed by atoms with Crippen molar-refractivity contribution in [2.75, 3.05) is 0 Å². The third kappa shape index (κ3) is 8.32. The number of nitrogens with one attached hydrogen (secondary N) is 4. The topological polar surface area (TPSA) is 185 Å². The van der Waals surface area contributed by atoms with Crippen LogP contribution < -0.4 is 21.3 Å². The highest BCUT2D eigenvalue weighted by Gasteiger charge is 2.42. The summed E-state index contributed by atoms with van der Waals surface area (Å²) in [7, 11) is 0. The zero-order chi connectivity index (χ0) is 38.0. The number of carbonyl (C=O) groups excluding carboxylic acids is 4. The number of rotatable bonds is 6. The lowest BCUT2D eigenvalue weighted by Crippen LogP contribution is -2.46. The van der Waals surface area contributed by atoms with Gasteiger partial charge in [-0.25, -0.2) is 20.0 Å². The molecule has 0 fully saturated rings. The number of hydrogen-bond acceptors (Lipinski definition) is 12. The van der Waals surface area contributed by atoms with E-state index in [0.29, 0.717) is 22.9 Å².